The standard InChI is InChI=1S/C19H19ClN2O3/c1-2-3-4-5-6-7-13-22-18(24)16(17(23)21-19(22)25)14-9-8-10-15(20)12-11-14/h2-8,10-12,16H,9,13H2,1H3,(H,21,23,25)/b3-2-,5-4-,7-6+. The first-order chi connectivity index (χ1) is 12.0. The second-order valence-corrected chi connectivity index (χ2v) is 5.85. The molecule has 0 radical (unpaired) electrons. The van der Waals surface area contributed by atoms with Crippen molar-refractivity contribution in [2.24, 2.45) is 5.92 Å². The number of urea groups is 1. The van der Waals surface area contributed by atoms with E-state index in [1.807, 2.05) is 25.2 Å². The van der Waals surface area contributed by atoms with Crippen molar-refractivity contribution in [1.82, 2.24) is 10.2 Å². The summed E-state index contributed by atoms with van der Waals surface area (Å²) in [6.45, 7) is 2.00. The lowest BCUT2D eigenvalue weighted by Crippen LogP contribution is -2.58. The minimum atomic E-state index is -1.02. The van der Waals surface area contributed by atoms with Crippen LogP contribution < -0.4 is 5.32 Å². The molecule has 0 aromatic rings. The summed E-state index contributed by atoms with van der Waals surface area (Å²) in [5, 5.41) is 2.76. The number of imide groups is 2. The fraction of sp³-hybridized carbons (Fsp3) is 0.211. The topological polar surface area (TPSA) is 66.5 Å². The van der Waals surface area contributed by atoms with E-state index < -0.39 is 23.8 Å². The number of hydrogen-bond donors (Lipinski definition) is 1. The van der Waals surface area contributed by atoms with Crippen molar-refractivity contribution in [3.8, 4) is 0 Å². The van der Waals surface area contributed by atoms with Gasteiger partial charge in [0.25, 0.3) is 0 Å². The van der Waals surface area contributed by atoms with E-state index in [2.05, 4.69) is 5.32 Å². The Morgan fingerprint density at radius 3 is 2.72 bits per heavy atom. The van der Waals surface area contributed by atoms with Crippen LogP contribution in [-0.2, 0) is 9.59 Å². The largest absolute Gasteiger partial charge is 0.331 e. The number of allylic oxidation sites excluding steroid dienone is 10. The molecule has 1 heterocycles. The van der Waals surface area contributed by atoms with Crippen LogP contribution in [0, 0.1) is 5.92 Å². The molecule has 0 spiro atoms. The lowest BCUT2D eigenvalue weighted by atomic mass is 9.92. The summed E-state index contributed by atoms with van der Waals surface area (Å²) in [5.41, 5.74) is 0.601. The molecule has 0 bridgehead atoms. The molecule has 1 N–H and O–H groups in total. The van der Waals surface area contributed by atoms with Crippen LogP contribution in [0.5, 0.6) is 0 Å². The maximum Gasteiger partial charge on any atom is 0.331 e. The zero-order valence-corrected chi connectivity index (χ0v) is 14.6. The van der Waals surface area contributed by atoms with Crippen molar-refractivity contribution in [2.45, 2.75) is 13.3 Å². The zero-order chi connectivity index (χ0) is 18.2. The number of carbonyl (C=O) groups is 3. The molecule has 1 unspecified atom stereocenters. The van der Waals surface area contributed by atoms with E-state index in [1.54, 1.807) is 42.5 Å². The Morgan fingerprint density at radius 1 is 1.20 bits per heavy atom. The molecule has 2 rings (SSSR count). The zero-order valence-electron chi connectivity index (χ0n) is 13.8. The minimum Gasteiger partial charge on any atom is -0.277 e. The number of barbiturate groups is 1. The van der Waals surface area contributed by atoms with Crippen LogP contribution in [0.1, 0.15) is 13.3 Å². The third kappa shape index (κ3) is 4.90. The van der Waals surface area contributed by atoms with Gasteiger partial charge in [0.1, 0.15) is 5.92 Å². The van der Waals surface area contributed by atoms with Gasteiger partial charge in [0.15, 0.2) is 0 Å². The Hall–Kier alpha value is -2.66. The summed E-state index contributed by atoms with van der Waals surface area (Å²) in [7, 11) is 0. The van der Waals surface area contributed by atoms with E-state index in [-0.39, 0.29) is 6.54 Å². The summed E-state index contributed by atoms with van der Waals surface area (Å²) < 4.78 is 0. The molecule has 6 heteroatoms. The van der Waals surface area contributed by atoms with Gasteiger partial charge in [-0.2, -0.15) is 0 Å². The molecule has 0 aromatic heterocycles. The van der Waals surface area contributed by atoms with Gasteiger partial charge in [-0.1, -0.05) is 60.2 Å². The van der Waals surface area contributed by atoms with E-state index in [0.29, 0.717) is 17.0 Å². The normalized spacial score (nSPS) is 21.9. The molecular weight excluding hydrogens is 340 g/mol. The van der Waals surface area contributed by atoms with Crippen LogP contribution in [0.15, 0.2) is 71.4 Å². The van der Waals surface area contributed by atoms with E-state index in [4.69, 9.17) is 11.6 Å². The fourth-order valence-electron chi connectivity index (χ4n) is 2.43. The molecule has 1 aliphatic carbocycles. The second-order valence-electron chi connectivity index (χ2n) is 5.41. The number of hydrogen-bond acceptors (Lipinski definition) is 3. The van der Waals surface area contributed by atoms with Gasteiger partial charge in [0, 0.05) is 11.6 Å². The molecular formula is C19H19ClN2O3. The monoisotopic (exact) mass is 358 g/mol. The van der Waals surface area contributed by atoms with Crippen molar-refractivity contribution < 1.29 is 14.4 Å². The summed E-state index contributed by atoms with van der Waals surface area (Å²) >= 11 is 5.93. The number of nitrogens with zero attached hydrogens (tertiary/aromatic N) is 1. The van der Waals surface area contributed by atoms with Gasteiger partial charge < -0.3 is 0 Å². The van der Waals surface area contributed by atoms with Crippen molar-refractivity contribution >= 4 is 29.4 Å². The molecule has 25 heavy (non-hydrogen) atoms. The first-order valence-electron chi connectivity index (χ1n) is 7.88. The van der Waals surface area contributed by atoms with E-state index in [9.17, 15) is 14.4 Å². The summed E-state index contributed by atoms with van der Waals surface area (Å²) in [4.78, 5) is 37.8. The smallest absolute Gasteiger partial charge is 0.277 e. The van der Waals surface area contributed by atoms with Crippen LogP contribution in [0.4, 0.5) is 4.79 Å². The van der Waals surface area contributed by atoms with Crippen molar-refractivity contribution in [3.63, 3.8) is 0 Å². The number of carbonyl (C=O) groups excluding carboxylic acids is 3. The Kier molecular flexibility index (Phi) is 6.71. The van der Waals surface area contributed by atoms with Crippen molar-refractivity contribution in [3.05, 3.63) is 71.4 Å². The molecule has 1 atom stereocenters. The molecule has 0 saturated carbocycles. The Labute approximate surface area is 151 Å². The van der Waals surface area contributed by atoms with Crippen molar-refractivity contribution in [2.75, 3.05) is 6.54 Å². The molecule has 2 aliphatic rings. The number of rotatable bonds is 5. The van der Waals surface area contributed by atoms with E-state index >= 15 is 0 Å². The summed E-state index contributed by atoms with van der Waals surface area (Å²) in [6.07, 6.45) is 18.0. The predicted octanol–water partition coefficient (Wildman–Crippen LogP) is 3.38. The Balaban J connectivity index is 2.14. The Bertz CT molecular complexity index is 742. The highest BCUT2D eigenvalue weighted by molar-refractivity contribution is 6.31. The third-order valence-electron chi connectivity index (χ3n) is 3.66. The molecule has 1 aliphatic heterocycles. The van der Waals surface area contributed by atoms with Gasteiger partial charge in [-0.25, -0.2) is 4.79 Å². The predicted molar refractivity (Wildman–Crippen MR) is 97.6 cm³/mol. The molecule has 1 saturated heterocycles. The van der Waals surface area contributed by atoms with Gasteiger partial charge in [0.2, 0.25) is 11.8 Å². The number of amides is 4. The van der Waals surface area contributed by atoms with Gasteiger partial charge in [0.05, 0.1) is 0 Å². The molecule has 4 amide bonds. The van der Waals surface area contributed by atoms with Crippen LogP contribution in [0.25, 0.3) is 0 Å². The first kappa shape index (κ1) is 18.7. The van der Waals surface area contributed by atoms with Gasteiger partial charge in [-0.15, -0.1) is 0 Å². The maximum atomic E-state index is 12.7. The average Bonchev–Trinajstić information content (AvgIpc) is 2.78. The fourth-order valence-corrected chi connectivity index (χ4v) is 2.58. The third-order valence-corrected chi connectivity index (χ3v) is 3.91. The van der Waals surface area contributed by atoms with Crippen molar-refractivity contribution in [1.29, 1.82) is 0 Å². The van der Waals surface area contributed by atoms with E-state index in [1.165, 1.54) is 0 Å². The maximum absolute atomic E-state index is 12.7. The van der Waals surface area contributed by atoms with Gasteiger partial charge in [-0.3, -0.25) is 19.8 Å². The van der Waals surface area contributed by atoms with Crippen LogP contribution in [0.2, 0.25) is 0 Å². The second kappa shape index (κ2) is 8.99. The highest BCUT2D eigenvalue weighted by Gasteiger charge is 2.41. The molecule has 0 aromatic carbocycles. The quantitative estimate of drug-likeness (QED) is 0.605. The molecule has 1 fully saturated rings. The average molecular weight is 359 g/mol. The summed E-state index contributed by atoms with van der Waals surface area (Å²) in [5.74, 6) is -2.15. The van der Waals surface area contributed by atoms with Gasteiger partial charge >= 0.3 is 6.03 Å². The highest BCUT2D eigenvalue weighted by atomic mass is 35.5. The van der Waals surface area contributed by atoms with Crippen LogP contribution >= 0.6 is 11.6 Å². The van der Waals surface area contributed by atoms with Crippen LogP contribution in [0.3, 0.4) is 0 Å². The number of nitrogens with one attached hydrogen (secondary N) is 1. The Morgan fingerprint density at radius 2 is 1.96 bits per heavy atom. The van der Waals surface area contributed by atoms with E-state index in [0.717, 1.165) is 4.90 Å². The summed E-state index contributed by atoms with van der Waals surface area (Å²) in [6, 6.07) is -0.702. The number of halogens is 1. The SMILES string of the molecule is C\C=C/C=C\C=C\CN1C(=O)NC(=O)C(C2=CC=C(Cl)C=CC2)C1=O. The minimum absolute atomic E-state index is 0.0916. The molecule has 130 valence electrons. The first-order valence-corrected chi connectivity index (χ1v) is 8.26. The van der Waals surface area contributed by atoms with Crippen LogP contribution in [-0.4, -0.2) is 29.3 Å². The lowest BCUT2D eigenvalue weighted by molar-refractivity contribution is -0.140. The molecule has 5 nitrogen and oxygen atoms in total. The lowest BCUT2D eigenvalue weighted by Gasteiger charge is -2.30. The highest BCUT2D eigenvalue weighted by Crippen LogP contribution is 2.25. The van der Waals surface area contributed by atoms with Gasteiger partial charge in [-0.05, 0) is 31.1 Å².